The standard InChI is InChI=1S/C15H21NO3/c1-10-6-5-7-13-12(3)19-9-14(17)16(15(10)13)11(2)8-18-4/h5-7,11-12H,8-9H2,1-4H3. The molecule has 0 saturated heterocycles. The van der Waals surface area contributed by atoms with Crippen LogP contribution in [0.2, 0.25) is 0 Å². The lowest BCUT2D eigenvalue weighted by Gasteiger charge is -2.30. The van der Waals surface area contributed by atoms with Crippen molar-refractivity contribution < 1.29 is 14.3 Å². The fourth-order valence-corrected chi connectivity index (χ4v) is 2.60. The number of hydrogen-bond acceptors (Lipinski definition) is 3. The zero-order valence-corrected chi connectivity index (χ0v) is 12.0. The lowest BCUT2D eigenvalue weighted by Crippen LogP contribution is -2.43. The molecule has 0 aromatic heterocycles. The van der Waals surface area contributed by atoms with Gasteiger partial charge in [0.15, 0.2) is 0 Å². The molecule has 1 heterocycles. The Morgan fingerprint density at radius 3 is 2.95 bits per heavy atom. The number of fused-ring (bicyclic) bond motifs is 1. The fourth-order valence-electron chi connectivity index (χ4n) is 2.60. The first-order valence-electron chi connectivity index (χ1n) is 6.58. The number of rotatable bonds is 3. The lowest BCUT2D eigenvalue weighted by molar-refractivity contribution is -0.124. The molecule has 2 unspecified atom stereocenters. The van der Waals surface area contributed by atoms with Crippen LogP contribution in [-0.4, -0.2) is 32.3 Å². The van der Waals surface area contributed by atoms with Crippen molar-refractivity contribution in [2.45, 2.75) is 32.9 Å². The van der Waals surface area contributed by atoms with Crippen LogP contribution in [0.25, 0.3) is 0 Å². The van der Waals surface area contributed by atoms with Crippen LogP contribution in [0.15, 0.2) is 18.2 Å². The van der Waals surface area contributed by atoms with Gasteiger partial charge in [0.25, 0.3) is 5.91 Å². The maximum Gasteiger partial charge on any atom is 0.253 e. The zero-order valence-electron chi connectivity index (χ0n) is 12.0. The minimum Gasteiger partial charge on any atom is -0.383 e. The molecule has 1 aromatic carbocycles. The number of para-hydroxylation sites is 1. The van der Waals surface area contributed by atoms with Gasteiger partial charge in [-0.25, -0.2) is 0 Å². The molecule has 0 bridgehead atoms. The quantitative estimate of drug-likeness (QED) is 0.841. The van der Waals surface area contributed by atoms with E-state index in [0.29, 0.717) is 6.61 Å². The maximum atomic E-state index is 12.3. The van der Waals surface area contributed by atoms with Crippen LogP contribution in [0.3, 0.4) is 0 Å². The predicted molar refractivity (Wildman–Crippen MR) is 74.4 cm³/mol. The normalized spacial score (nSPS) is 20.9. The van der Waals surface area contributed by atoms with Crippen LogP contribution in [0, 0.1) is 6.92 Å². The summed E-state index contributed by atoms with van der Waals surface area (Å²) < 4.78 is 10.8. The third kappa shape index (κ3) is 2.65. The highest BCUT2D eigenvalue weighted by molar-refractivity contribution is 5.97. The molecule has 19 heavy (non-hydrogen) atoms. The van der Waals surface area contributed by atoms with E-state index in [4.69, 9.17) is 9.47 Å². The molecule has 2 rings (SSSR count). The zero-order chi connectivity index (χ0) is 14.0. The van der Waals surface area contributed by atoms with Crippen molar-refractivity contribution >= 4 is 11.6 Å². The second kappa shape index (κ2) is 5.72. The largest absolute Gasteiger partial charge is 0.383 e. The van der Waals surface area contributed by atoms with E-state index in [0.717, 1.165) is 16.8 Å². The second-order valence-corrected chi connectivity index (χ2v) is 5.03. The molecule has 1 aromatic rings. The summed E-state index contributed by atoms with van der Waals surface area (Å²) in [7, 11) is 1.65. The summed E-state index contributed by atoms with van der Waals surface area (Å²) in [6.45, 7) is 6.62. The number of nitrogens with zero attached hydrogens (tertiary/aromatic N) is 1. The van der Waals surface area contributed by atoms with Crippen LogP contribution in [0.1, 0.15) is 31.1 Å². The van der Waals surface area contributed by atoms with Crippen LogP contribution >= 0.6 is 0 Å². The third-order valence-corrected chi connectivity index (χ3v) is 3.52. The van der Waals surface area contributed by atoms with E-state index in [-0.39, 0.29) is 24.7 Å². The Balaban J connectivity index is 2.52. The van der Waals surface area contributed by atoms with Crippen LogP contribution in [0.4, 0.5) is 5.69 Å². The molecule has 1 amide bonds. The van der Waals surface area contributed by atoms with E-state index in [1.807, 2.05) is 43.9 Å². The Labute approximate surface area is 114 Å². The molecule has 104 valence electrons. The predicted octanol–water partition coefficient (Wildman–Crippen LogP) is 2.45. The van der Waals surface area contributed by atoms with Crippen LogP contribution in [-0.2, 0) is 14.3 Å². The first-order chi connectivity index (χ1) is 9.06. The molecule has 0 radical (unpaired) electrons. The number of carbonyl (C=O) groups excluding carboxylic acids is 1. The fraction of sp³-hybridized carbons (Fsp3) is 0.533. The van der Waals surface area contributed by atoms with Gasteiger partial charge in [-0.1, -0.05) is 18.2 Å². The van der Waals surface area contributed by atoms with E-state index >= 15 is 0 Å². The second-order valence-electron chi connectivity index (χ2n) is 5.03. The van der Waals surface area contributed by atoms with Crippen molar-refractivity contribution in [2.75, 3.05) is 25.2 Å². The smallest absolute Gasteiger partial charge is 0.253 e. The highest BCUT2D eigenvalue weighted by Crippen LogP contribution is 2.35. The summed E-state index contributed by atoms with van der Waals surface area (Å²) in [6, 6.07) is 6.05. The molecule has 2 atom stereocenters. The first kappa shape index (κ1) is 14.0. The maximum absolute atomic E-state index is 12.3. The number of hydrogen-bond donors (Lipinski definition) is 0. The summed E-state index contributed by atoms with van der Waals surface area (Å²) in [5.41, 5.74) is 3.13. The van der Waals surface area contributed by atoms with E-state index in [1.165, 1.54) is 0 Å². The Bertz CT molecular complexity index is 472. The van der Waals surface area contributed by atoms with Gasteiger partial charge in [-0.2, -0.15) is 0 Å². The molecule has 1 aliphatic heterocycles. The van der Waals surface area contributed by atoms with Gasteiger partial charge in [0.05, 0.1) is 24.4 Å². The Morgan fingerprint density at radius 2 is 2.26 bits per heavy atom. The molecular formula is C15H21NO3. The average molecular weight is 263 g/mol. The minimum atomic E-state index is -0.0707. The minimum absolute atomic E-state index is 0.00810. The SMILES string of the molecule is COCC(C)N1C(=O)COC(C)c2cccc(C)c21. The number of anilines is 1. The Kier molecular flexibility index (Phi) is 4.22. The van der Waals surface area contributed by atoms with E-state index in [2.05, 4.69) is 0 Å². The Hall–Kier alpha value is -1.39. The topological polar surface area (TPSA) is 38.8 Å². The average Bonchev–Trinajstić information content (AvgIpc) is 2.50. The first-order valence-corrected chi connectivity index (χ1v) is 6.58. The monoisotopic (exact) mass is 263 g/mol. The molecule has 4 nitrogen and oxygen atoms in total. The van der Waals surface area contributed by atoms with Crippen LogP contribution in [0.5, 0.6) is 0 Å². The molecule has 0 aliphatic carbocycles. The van der Waals surface area contributed by atoms with E-state index in [1.54, 1.807) is 7.11 Å². The molecule has 1 aliphatic rings. The summed E-state index contributed by atoms with van der Waals surface area (Å²) in [5.74, 6) is -0.00977. The highest BCUT2D eigenvalue weighted by Gasteiger charge is 2.30. The number of ether oxygens (including phenoxy) is 2. The number of carbonyl (C=O) groups is 1. The molecule has 0 spiro atoms. The third-order valence-electron chi connectivity index (χ3n) is 3.52. The van der Waals surface area contributed by atoms with Gasteiger partial charge in [-0.3, -0.25) is 4.79 Å². The van der Waals surface area contributed by atoms with Crippen molar-refractivity contribution in [3.8, 4) is 0 Å². The number of methoxy groups -OCH3 is 1. The molecular weight excluding hydrogens is 242 g/mol. The summed E-state index contributed by atoms with van der Waals surface area (Å²) in [5, 5.41) is 0. The van der Waals surface area contributed by atoms with Crippen molar-refractivity contribution in [2.24, 2.45) is 0 Å². The molecule has 0 N–H and O–H groups in total. The Morgan fingerprint density at radius 1 is 1.53 bits per heavy atom. The molecule has 4 heteroatoms. The van der Waals surface area contributed by atoms with Gasteiger partial charge in [-0.05, 0) is 26.3 Å². The lowest BCUT2D eigenvalue weighted by atomic mass is 10.0. The summed E-state index contributed by atoms with van der Waals surface area (Å²) in [4.78, 5) is 14.2. The van der Waals surface area contributed by atoms with Gasteiger partial charge < -0.3 is 14.4 Å². The summed E-state index contributed by atoms with van der Waals surface area (Å²) >= 11 is 0. The van der Waals surface area contributed by atoms with Gasteiger partial charge in [0.2, 0.25) is 0 Å². The van der Waals surface area contributed by atoms with Gasteiger partial charge >= 0.3 is 0 Å². The van der Waals surface area contributed by atoms with Crippen molar-refractivity contribution in [1.82, 2.24) is 0 Å². The molecule has 0 fully saturated rings. The highest BCUT2D eigenvalue weighted by atomic mass is 16.5. The van der Waals surface area contributed by atoms with E-state index in [9.17, 15) is 4.79 Å². The van der Waals surface area contributed by atoms with Gasteiger partial charge in [-0.15, -0.1) is 0 Å². The number of benzene rings is 1. The van der Waals surface area contributed by atoms with Crippen molar-refractivity contribution in [3.05, 3.63) is 29.3 Å². The number of amides is 1. The summed E-state index contributed by atoms with van der Waals surface area (Å²) in [6.07, 6.45) is -0.0707. The molecule has 0 saturated carbocycles. The van der Waals surface area contributed by atoms with Crippen LogP contribution < -0.4 is 4.90 Å². The van der Waals surface area contributed by atoms with E-state index < -0.39 is 0 Å². The van der Waals surface area contributed by atoms with Gasteiger partial charge in [0.1, 0.15) is 6.61 Å². The van der Waals surface area contributed by atoms with Gasteiger partial charge in [0, 0.05) is 12.7 Å². The van der Waals surface area contributed by atoms with Crippen molar-refractivity contribution in [1.29, 1.82) is 0 Å². The number of aryl methyl sites for hydroxylation is 1. The van der Waals surface area contributed by atoms with Crippen molar-refractivity contribution in [3.63, 3.8) is 0 Å².